The number of methoxy groups -OCH3 is 3. The van der Waals surface area contributed by atoms with Crippen molar-refractivity contribution in [3.05, 3.63) is 12.1 Å². The van der Waals surface area contributed by atoms with Gasteiger partial charge in [-0.15, -0.1) is 0 Å². The Hall–Kier alpha value is -2.44. The summed E-state index contributed by atoms with van der Waals surface area (Å²) in [7, 11) is 4.60. The van der Waals surface area contributed by atoms with Crippen LogP contribution in [0, 0.1) is 5.92 Å². The van der Waals surface area contributed by atoms with Gasteiger partial charge < -0.3 is 24.4 Å². The van der Waals surface area contributed by atoms with Crippen LogP contribution in [0.15, 0.2) is 12.1 Å². The molecular weight excluding hydrogens is 312 g/mol. The van der Waals surface area contributed by atoms with Crippen LogP contribution in [0.4, 0.5) is 5.69 Å². The summed E-state index contributed by atoms with van der Waals surface area (Å²) in [5.74, 6) is 1.34. The molecule has 0 radical (unpaired) electrons. The molecule has 1 aliphatic rings. The van der Waals surface area contributed by atoms with Gasteiger partial charge in [-0.2, -0.15) is 0 Å². The van der Waals surface area contributed by atoms with Gasteiger partial charge in [0, 0.05) is 38.1 Å². The van der Waals surface area contributed by atoms with Crippen LogP contribution < -0.4 is 19.5 Å². The molecule has 7 heteroatoms. The summed E-state index contributed by atoms with van der Waals surface area (Å²) in [6.45, 7) is 2.75. The summed E-state index contributed by atoms with van der Waals surface area (Å²) in [6, 6.07) is 3.38. The zero-order valence-corrected chi connectivity index (χ0v) is 14.5. The van der Waals surface area contributed by atoms with Gasteiger partial charge >= 0.3 is 0 Å². The van der Waals surface area contributed by atoms with Crippen molar-refractivity contribution in [2.24, 2.45) is 5.92 Å². The van der Waals surface area contributed by atoms with Crippen molar-refractivity contribution in [3.8, 4) is 17.2 Å². The number of likely N-dealkylation sites (tertiary alicyclic amines) is 1. The number of nitrogens with zero attached hydrogens (tertiary/aromatic N) is 1. The molecule has 132 valence electrons. The predicted octanol–water partition coefficient (Wildman–Crippen LogP) is 1.91. The van der Waals surface area contributed by atoms with Crippen molar-refractivity contribution in [1.82, 2.24) is 4.90 Å². The smallest absolute Gasteiger partial charge is 0.227 e. The molecule has 0 atom stereocenters. The Kier molecular flexibility index (Phi) is 5.89. The second-order valence-corrected chi connectivity index (χ2v) is 5.68. The van der Waals surface area contributed by atoms with E-state index < -0.39 is 0 Å². The van der Waals surface area contributed by atoms with Crippen molar-refractivity contribution in [2.75, 3.05) is 39.7 Å². The SMILES string of the molecule is COc1cc(OC)c(NC(=O)C2CCN(C(C)=O)CC2)c(OC)c1. The maximum Gasteiger partial charge on any atom is 0.227 e. The van der Waals surface area contributed by atoms with E-state index in [0.717, 1.165) is 0 Å². The number of amides is 2. The number of piperidine rings is 1. The molecule has 0 aliphatic carbocycles. The Morgan fingerprint density at radius 1 is 1.04 bits per heavy atom. The lowest BCUT2D eigenvalue weighted by Gasteiger charge is -2.30. The second kappa shape index (κ2) is 7.90. The van der Waals surface area contributed by atoms with Crippen LogP contribution in [0.3, 0.4) is 0 Å². The molecule has 1 aromatic rings. The molecular formula is C17H24N2O5. The molecule has 0 spiro atoms. The van der Waals surface area contributed by atoms with Gasteiger partial charge in [0.25, 0.3) is 0 Å². The molecule has 2 amide bonds. The maximum absolute atomic E-state index is 12.6. The number of benzene rings is 1. The van der Waals surface area contributed by atoms with Gasteiger partial charge in [-0.1, -0.05) is 0 Å². The van der Waals surface area contributed by atoms with Crippen molar-refractivity contribution in [1.29, 1.82) is 0 Å². The van der Waals surface area contributed by atoms with E-state index in [2.05, 4.69) is 5.32 Å². The lowest BCUT2D eigenvalue weighted by molar-refractivity contribution is -0.132. The Balaban J connectivity index is 2.13. The van der Waals surface area contributed by atoms with Crippen molar-refractivity contribution in [3.63, 3.8) is 0 Å². The highest BCUT2D eigenvalue weighted by molar-refractivity contribution is 5.96. The van der Waals surface area contributed by atoms with E-state index in [1.165, 1.54) is 14.2 Å². The van der Waals surface area contributed by atoms with Crippen molar-refractivity contribution in [2.45, 2.75) is 19.8 Å². The highest BCUT2D eigenvalue weighted by atomic mass is 16.5. The number of nitrogens with one attached hydrogen (secondary N) is 1. The number of hydrogen-bond acceptors (Lipinski definition) is 5. The third kappa shape index (κ3) is 3.90. The minimum absolute atomic E-state index is 0.0485. The molecule has 0 unspecified atom stereocenters. The summed E-state index contributed by atoms with van der Waals surface area (Å²) in [6.07, 6.45) is 1.29. The summed E-state index contributed by atoms with van der Waals surface area (Å²) in [4.78, 5) is 25.7. The molecule has 7 nitrogen and oxygen atoms in total. The largest absolute Gasteiger partial charge is 0.496 e. The molecule has 1 fully saturated rings. The predicted molar refractivity (Wildman–Crippen MR) is 89.7 cm³/mol. The first kappa shape index (κ1) is 17.9. The van der Waals surface area contributed by atoms with E-state index in [4.69, 9.17) is 14.2 Å². The fourth-order valence-corrected chi connectivity index (χ4v) is 2.81. The van der Waals surface area contributed by atoms with Gasteiger partial charge in [0.1, 0.15) is 22.9 Å². The van der Waals surface area contributed by atoms with Crippen LogP contribution in [0.2, 0.25) is 0 Å². The molecule has 1 heterocycles. The van der Waals surface area contributed by atoms with Gasteiger partial charge in [0.15, 0.2) is 0 Å². The molecule has 1 aliphatic heterocycles. The molecule has 2 rings (SSSR count). The van der Waals surface area contributed by atoms with E-state index in [9.17, 15) is 9.59 Å². The van der Waals surface area contributed by atoms with Gasteiger partial charge in [0.2, 0.25) is 11.8 Å². The minimum Gasteiger partial charge on any atom is -0.496 e. The fourth-order valence-electron chi connectivity index (χ4n) is 2.81. The van der Waals surface area contributed by atoms with Crippen LogP contribution in [-0.4, -0.2) is 51.1 Å². The molecule has 1 saturated heterocycles. The van der Waals surface area contributed by atoms with Crippen molar-refractivity contribution >= 4 is 17.5 Å². The second-order valence-electron chi connectivity index (χ2n) is 5.68. The quantitative estimate of drug-likeness (QED) is 0.889. The van der Waals surface area contributed by atoms with Crippen LogP contribution in [-0.2, 0) is 9.59 Å². The maximum atomic E-state index is 12.6. The normalized spacial score (nSPS) is 14.9. The van der Waals surface area contributed by atoms with E-state index in [1.54, 1.807) is 31.1 Å². The van der Waals surface area contributed by atoms with Gasteiger partial charge in [-0.3, -0.25) is 9.59 Å². The zero-order chi connectivity index (χ0) is 17.7. The summed E-state index contributed by atoms with van der Waals surface area (Å²) in [5.41, 5.74) is 0.486. The summed E-state index contributed by atoms with van der Waals surface area (Å²) >= 11 is 0. The lowest BCUT2D eigenvalue weighted by atomic mass is 9.95. The molecule has 0 saturated carbocycles. The molecule has 1 N–H and O–H groups in total. The fraction of sp³-hybridized carbons (Fsp3) is 0.529. The first-order valence-corrected chi connectivity index (χ1v) is 7.86. The summed E-state index contributed by atoms with van der Waals surface area (Å²) in [5, 5.41) is 2.90. The van der Waals surface area contributed by atoms with Crippen LogP contribution >= 0.6 is 0 Å². The van der Waals surface area contributed by atoms with Crippen molar-refractivity contribution < 1.29 is 23.8 Å². The van der Waals surface area contributed by atoms with Gasteiger partial charge in [-0.05, 0) is 12.8 Å². The summed E-state index contributed by atoms with van der Waals surface area (Å²) < 4.78 is 15.9. The van der Waals surface area contributed by atoms with E-state index in [1.807, 2.05) is 0 Å². The molecule has 1 aromatic carbocycles. The number of carbonyl (C=O) groups is 2. The number of carbonyl (C=O) groups excluding carboxylic acids is 2. The standard InChI is InChI=1S/C17H24N2O5/c1-11(20)19-7-5-12(6-8-19)17(21)18-16-14(23-3)9-13(22-2)10-15(16)24-4/h9-10,12H,5-8H2,1-4H3,(H,18,21). The highest BCUT2D eigenvalue weighted by Crippen LogP contribution is 2.39. The Morgan fingerprint density at radius 3 is 2.00 bits per heavy atom. The lowest BCUT2D eigenvalue weighted by Crippen LogP contribution is -2.40. The number of ether oxygens (including phenoxy) is 3. The Morgan fingerprint density at radius 2 is 1.58 bits per heavy atom. The number of rotatable bonds is 5. The average Bonchev–Trinajstić information content (AvgIpc) is 2.61. The third-order valence-corrected chi connectivity index (χ3v) is 4.27. The molecule has 24 heavy (non-hydrogen) atoms. The minimum atomic E-state index is -0.142. The topological polar surface area (TPSA) is 77.1 Å². The number of hydrogen-bond donors (Lipinski definition) is 1. The first-order chi connectivity index (χ1) is 11.5. The van der Waals surface area contributed by atoms with Crippen LogP contribution in [0.5, 0.6) is 17.2 Å². The zero-order valence-electron chi connectivity index (χ0n) is 14.5. The Labute approximate surface area is 141 Å². The van der Waals surface area contributed by atoms with E-state index in [0.29, 0.717) is 48.9 Å². The number of anilines is 1. The van der Waals surface area contributed by atoms with E-state index in [-0.39, 0.29) is 17.7 Å². The first-order valence-electron chi connectivity index (χ1n) is 7.86. The third-order valence-electron chi connectivity index (χ3n) is 4.27. The van der Waals surface area contributed by atoms with E-state index >= 15 is 0 Å². The molecule has 0 bridgehead atoms. The van der Waals surface area contributed by atoms with Crippen LogP contribution in [0.1, 0.15) is 19.8 Å². The van der Waals surface area contributed by atoms with Gasteiger partial charge in [-0.25, -0.2) is 0 Å². The monoisotopic (exact) mass is 336 g/mol. The molecule has 0 aromatic heterocycles. The Bertz CT molecular complexity index is 584. The van der Waals surface area contributed by atoms with Crippen LogP contribution in [0.25, 0.3) is 0 Å². The highest BCUT2D eigenvalue weighted by Gasteiger charge is 2.27. The van der Waals surface area contributed by atoms with Gasteiger partial charge in [0.05, 0.1) is 21.3 Å². The average molecular weight is 336 g/mol.